The van der Waals surface area contributed by atoms with Crippen molar-refractivity contribution in [3.8, 4) is 0 Å². The molecule has 0 aromatic heterocycles. The summed E-state index contributed by atoms with van der Waals surface area (Å²) in [6.45, 7) is 3.57. The van der Waals surface area contributed by atoms with Gasteiger partial charge < -0.3 is 5.32 Å². The number of carbonyl (C=O) groups is 1. The Labute approximate surface area is 194 Å². The van der Waals surface area contributed by atoms with Crippen LogP contribution < -0.4 is 5.32 Å². The van der Waals surface area contributed by atoms with E-state index in [0.717, 1.165) is 24.5 Å². The Balaban J connectivity index is 1.70. The lowest BCUT2D eigenvalue weighted by Gasteiger charge is -2.36. The highest BCUT2D eigenvalue weighted by Gasteiger charge is 2.39. The topological polar surface area (TPSA) is 97.4 Å². The van der Waals surface area contributed by atoms with Gasteiger partial charge >= 0.3 is 6.18 Å². The zero-order valence-corrected chi connectivity index (χ0v) is 19.6. The Morgan fingerprint density at radius 3 is 2.30 bits per heavy atom. The lowest BCUT2D eigenvalue weighted by atomic mass is 9.80. The number of amides is 1. The molecule has 0 bridgehead atoms. The number of nitrogens with one attached hydrogen (secondary N) is 1. The molecule has 0 heterocycles. The molecule has 33 heavy (non-hydrogen) atoms. The van der Waals surface area contributed by atoms with Crippen molar-refractivity contribution in [3.05, 3.63) is 70.1 Å². The minimum Gasteiger partial charge on any atom is -0.349 e. The molecule has 2 aromatic rings. The summed E-state index contributed by atoms with van der Waals surface area (Å²) in [5, 5.41) is 2.78. The molecule has 0 unspecified atom stereocenters. The minimum absolute atomic E-state index is 0.0965. The molecule has 0 spiro atoms. The highest BCUT2D eigenvalue weighted by Crippen LogP contribution is 2.39. The first-order valence-corrected chi connectivity index (χ1v) is 13.3. The van der Waals surface area contributed by atoms with Gasteiger partial charge in [0.2, 0.25) is 9.84 Å². The van der Waals surface area contributed by atoms with Crippen molar-refractivity contribution in [2.75, 3.05) is 6.26 Å². The van der Waals surface area contributed by atoms with Crippen LogP contribution in [-0.4, -0.2) is 35.0 Å². The van der Waals surface area contributed by atoms with Gasteiger partial charge in [-0.15, -0.1) is 0 Å². The van der Waals surface area contributed by atoms with Gasteiger partial charge in [-0.05, 0) is 55.2 Å². The number of halogens is 4. The first-order valence-electron chi connectivity index (χ1n) is 9.52. The average molecular weight is 522 g/mol. The van der Waals surface area contributed by atoms with Crippen LogP contribution in [0.25, 0.3) is 0 Å². The van der Waals surface area contributed by atoms with Gasteiger partial charge in [-0.1, -0.05) is 24.2 Å². The third-order valence-electron chi connectivity index (χ3n) is 5.33. The first-order chi connectivity index (χ1) is 15.1. The van der Waals surface area contributed by atoms with Gasteiger partial charge in [0, 0.05) is 22.2 Å². The molecule has 0 saturated heterocycles. The molecular formula is C21H19ClF3NO5S2. The summed E-state index contributed by atoms with van der Waals surface area (Å²) in [5.74, 6) is -1.24. The lowest BCUT2D eigenvalue weighted by Crippen LogP contribution is -2.45. The van der Waals surface area contributed by atoms with Crippen molar-refractivity contribution in [1.29, 1.82) is 0 Å². The molecule has 1 fully saturated rings. The van der Waals surface area contributed by atoms with E-state index in [2.05, 4.69) is 11.9 Å². The van der Waals surface area contributed by atoms with Crippen LogP contribution in [0, 0.1) is 5.92 Å². The Bertz CT molecular complexity index is 1330. The van der Waals surface area contributed by atoms with Gasteiger partial charge in [0.25, 0.3) is 5.91 Å². The van der Waals surface area contributed by atoms with Crippen LogP contribution in [0.5, 0.6) is 0 Å². The summed E-state index contributed by atoms with van der Waals surface area (Å²) in [6, 6.07) is 6.78. The predicted molar refractivity (Wildman–Crippen MR) is 116 cm³/mol. The Kier molecular flexibility index (Phi) is 6.71. The lowest BCUT2D eigenvalue weighted by molar-refractivity contribution is -0.137. The molecule has 0 aliphatic heterocycles. The fraction of sp³-hybridized carbons (Fsp3) is 0.286. The second-order valence-corrected chi connectivity index (χ2v) is 12.2. The number of sulfone groups is 2. The molecule has 1 N–H and O–H groups in total. The predicted octanol–water partition coefficient (Wildman–Crippen LogP) is 4.26. The van der Waals surface area contributed by atoms with Gasteiger partial charge in [0.05, 0.1) is 20.9 Å². The third-order valence-corrected chi connectivity index (χ3v) is 8.60. The van der Waals surface area contributed by atoms with E-state index in [1.807, 2.05) is 0 Å². The fourth-order valence-corrected chi connectivity index (χ4v) is 6.07. The summed E-state index contributed by atoms with van der Waals surface area (Å²) in [5.41, 5.74) is -1.18. The van der Waals surface area contributed by atoms with E-state index < -0.39 is 54.2 Å². The maximum Gasteiger partial charge on any atom is 0.416 e. The summed E-state index contributed by atoms with van der Waals surface area (Å²) in [7, 11) is -7.95. The molecule has 12 heteroatoms. The number of hydrogen-bond donors (Lipinski definition) is 1. The van der Waals surface area contributed by atoms with Crippen molar-refractivity contribution >= 4 is 37.2 Å². The largest absolute Gasteiger partial charge is 0.416 e. The highest BCUT2D eigenvalue weighted by molar-refractivity contribution is 7.95. The van der Waals surface area contributed by atoms with E-state index in [1.165, 1.54) is 18.2 Å². The zero-order chi connectivity index (χ0) is 24.8. The van der Waals surface area contributed by atoms with Crippen molar-refractivity contribution in [3.63, 3.8) is 0 Å². The number of benzene rings is 2. The van der Waals surface area contributed by atoms with E-state index in [-0.39, 0.29) is 33.2 Å². The van der Waals surface area contributed by atoms with Crippen molar-refractivity contribution in [2.45, 2.75) is 34.9 Å². The zero-order valence-electron chi connectivity index (χ0n) is 17.2. The van der Waals surface area contributed by atoms with E-state index in [9.17, 15) is 34.8 Å². The molecule has 1 saturated carbocycles. The Hall–Kier alpha value is -2.37. The van der Waals surface area contributed by atoms with Crippen LogP contribution in [0.3, 0.4) is 0 Å². The average Bonchev–Trinajstić information content (AvgIpc) is 2.68. The van der Waals surface area contributed by atoms with Crippen LogP contribution in [0.1, 0.15) is 28.8 Å². The molecule has 178 valence electrons. The Morgan fingerprint density at radius 2 is 1.73 bits per heavy atom. The fourth-order valence-electron chi connectivity index (χ4n) is 3.46. The van der Waals surface area contributed by atoms with Gasteiger partial charge in [0.1, 0.15) is 0 Å². The molecule has 0 atom stereocenters. The van der Waals surface area contributed by atoms with Crippen LogP contribution in [0.2, 0.25) is 5.02 Å². The summed E-state index contributed by atoms with van der Waals surface area (Å²) in [4.78, 5) is 11.6. The SMILES string of the molecule is C=C([C@H]1C[C@H](NC(=O)c2ccc(Cl)cc2S(C)(=O)=O)C1)S(=O)(=O)c1cccc(C(F)(F)F)c1. The second kappa shape index (κ2) is 8.77. The molecule has 0 radical (unpaired) electrons. The smallest absolute Gasteiger partial charge is 0.349 e. The molecule has 1 aliphatic rings. The van der Waals surface area contributed by atoms with Crippen molar-refractivity contribution < 1.29 is 34.8 Å². The van der Waals surface area contributed by atoms with Gasteiger partial charge in [0.15, 0.2) is 9.84 Å². The molecule has 1 aliphatic carbocycles. The van der Waals surface area contributed by atoms with Crippen LogP contribution in [0.4, 0.5) is 13.2 Å². The number of alkyl halides is 3. The third kappa shape index (κ3) is 5.42. The molecule has 3 rings (SSSR count). The molecule has 1 amide bonds. The molecule has 2 aromatic carbocycles. The van der Waals surface area contributed by atoms with E-state index in [0.29, 0.717) is 6.07 Å². The monoisotopic (exact) mass is 521 g/mol. The molecule has 6 nitrogen and oxygen atoms in total. The Morgan fingerprint density at radius 1 is 1.09 bits per heavy atom. The standard InChI is InChI=1S/C21H19ClF3NO5S2/c1-12(33(30,31)17-5-3-4-14(10-17)21(23,24)25)13-8-16(9-13)26-20(27)18-7-6-15(22)11-19(18)32(2,28)29/h3-7,10-11,13,16H,1,8-9H2,2H3,(H,26,27)/t13-,16-. The summed E-state index contributed by atoms with van der Waals surface area (Å²) < 4.78 is 88.2. The number of rotatable bonds is 6. The van der Waals surface area contributed by atoms with Gasteiger partial charge in [-0.25, -0.2) is 16.8 Å². The van der Waals surface area contributed by atoms with E-state index in [1.54, 1.807) is 0 Å². The van der Waals surface area contributed by atoms with Crippen LogP contribution >= 0.6 is 11.6 Å². The quantitative estimate of drug-likeness (QED) is 0.612. The van der Waals surface area contributed by atoms with Gasteiger partial charge in [-0.2, -0.15) is 13.2 Å². The summed E-state index contributed by atoms with van der Waals surface area (Å²) >= 11 is 5.83. The normalized spacial score (nSPS) is 18.9. The molecular weight excluding hydrogens is 503 g/mol. The maximum atomic E-state index is 12.9. The van der Waals surface area contributed by atoms with E-state index >= 15 is 0 Å². The van der Waals surface area contributed by atoms with Crippen molar-refractivity contribution in [1.82, 2.24) is 5.32 Å². The number of allylic oxidation sites excluding steroid dienone is 1. The van der Waals surface area contributed by atoms with Gasteiger partial charge in [-0.3, -0.25) is 4.79 Å². The summed E-state index contributed by atoms with van der Waals surface area (Å²) in [6.07, 6.45) is -3.38. The van der Waals surface area contributed by atoms with Crippen LogP contribution in [0.15, 0.2) is 63.7 Å². The number of hydrogen-bond acceptors (Lipinski definition) is 5. The first kappa shape index (κ1) is 25.3. The van der Waals surface area contributed by atoms with Crippen LogP contribution in [-0.2, 0) is 25.9 Å². The van der Waals surface area contributed by atoms with E-state index in [4.69, 9.17) is 11.6 Å². The highest BCUT2D eigenvalue weighted by atomic mass is 35.5. The maximum absolute atomic E-state index is 12.9. The van der Waals surface area contributed by atoms with Crippen molar-refractivity contribution in [2.24, 2.45) is 5.92 Å². The number of carbonyl (C=O) groups excluding carboxylic acids is 1. The second-order valence-electron chi connectivity index (χ2n) is 7.75. The minimum atomic E-state index is -4.69.